The van der Waals surface area contributed by atoms with Crippen molar-refractivity contribution >= 4 is 23.3 Å². The van der Waals surface area contributed by atoms with Crippen LogP contribution in [0.5, 0.6) is 5.75 Å². The van der Waals surface area contributed by atoms with E-state index in [1.54, 1.807) is 0 Å². The molecule has 0 spiro atoms. The van der Waals surface area contributed by atoms with Crippen LogP contribution in [-0.4, -0.2) is 24.8 Å². The van der Waals surface area contributed by atoms with E-state index < -0.39 is 0 Å². The van der Waals surface area contributed by atoms with E-state index in [9.17, 15) is 0 Å². The molecule has 0 aliphatic carbocycles. The zero-order valence-corrected chi connectivity index (χ0v) is 13.4. The average molecular weight is 338 g/mol. The van der Waals surface area contributed by atoms with Crippen LogP contribution in [0, 0.1) is 4.77 Å². The molecule has 0 saturated heterocycles. The maximum Gasteiger partial charge on any atom is 0.214 e. The fraction of sp³-hybridized carbons (Fsp3) is 0.0625. The van der Waals surface area contributed by atoms with Gasteiger partial charge in [0.15, 0.2) is 5.82 Å². The van der Waals surface area contributed by atoms with Crippen molar-refractivity contribution in [3.05, 3.63) is 59.1 Å². The summed E-state index contributed by atoms with van der Waals surface area (Å²) in [6.45, 7) is 0.230. The lowest BCUT2D eigenvalue weighted by molar-refractivity contribution is 0.292. The van der Waals surface area contributed by atoms with E-state index in [-0.39, 0.29) is 6.61 Å². The molecule has 4 aromatic rings. The topological polar surface area (TPSA) is 97.5 Å². The SMILES string of the molecule is Nn1c(COc2ccc(-c3nc4ccccc4[nH]3)cc2)n[nH]c1=S. The molecule has 0 aliphatic rings. The van der Waals surface area contributed by atoms with Crippen molar-refractivity contribution in [1.82, 2.24) is 24.8 Å². The van der Waals surface area contributed by atoms with Crippen molar-refractivity contribution < 1.29 is 4.74 Å². The Morgan fingerprint density at radius 1 is 1.12 bits per heavy atom. The molecule has 120 valence electrons. The number of nitrogen functional groups attached to an aromatic ring is 1. The van der Waals surface area contributed by atoms with Gasteiger partial charge in [0.2, 0.25) is 4.77 Å². The number of hydrogen-bond donors (Lipinski definition) is 3. The number of para-hydroxylation sites is 2. The summed E-state index contributed by atoms with van der Waals surface area (Å²) in [4.78, 5) is 7.88. The molecule has 0 unspecified atom stereocenters. The smallest absolute Gasteiger partial charge is 0.214 e. The van der Waals surface area contributed by atoms with Gasteiger partial charge in [0.1, 0.15) is 18.2 Å². The second-order valence-electron chi connectivity index (χ2n) is 5.23. The van der Waals surface area contributed by atoms with Gasteiger partial charge in [0, 0.05) is 5.56 Å². The Hall–Kier alpha value is -3.13. The third-order valence-corrected chi connectivity index (χ3v) is 3.95. The number of imidazole rings is 1. The molecule has 0 bridgehead atoms. The highest BCUT2D eigenvalue weighted by molar-refractivity contribution is 7.71. The molecule has 0 atom stereocenters. The Labute approximate surface area is 142 Å². The molecule has 2 aromatic heterocycles. The average Bonchev–Trinajstić information content (AvgIpc) is 3.18. The molecule has 4 rings (SSSR count). The van der Waals surface area contributed by atoms with E-state index in [1.165, 1.54) is 4.68 Å². The lowest BCUT2D eigenvalue weighted by atomic mass is 10.2. The Morgan fingerprint density at radius 2 is 1.92 bits per heavy atom. The van der Waals surface area contributed by atoms with Crippen molar-refractivity contribution in [2.75, 3.05) is 5.84 Å². The lowest BCUT2D eigenvalue weighted by Gasteiger charge is -2.06. The van der Waals surface area contributed by atoms with Crippen LogP contribution in [-0.2, 0) is 6.61 Å². The molecule has 4 N–H and O–H groups in total. The highest BCUT2D eigenvalue weighted by atomic mass is 32.1. The highest BCUT2D eigenvalue weighted by Crippen LogP contribution is 2.23. The van der Waals surface area contributed by atoms with Gasteiger partial charge in [0.05, 0.1) is 11.0 Å². The number of rotatable bonds is 4. The molecular weight excluding hydrogens is 324 g/mol. The minimum atomic E-state index is 0.230. The molecule has 8 heteroatoms. The molecular formula is C16H14N6OS. The van der Waals surface area contributed by atoms with Crippen molar-refractivity contribution in [3.63, 3.8) is 0 Å². The van der Waals surface area contributed by atoms with Crippen molar-refractivity contribution in [2.24, 2.45) is 0 Å². The third-order valence-electron chi connectivity index (χ3n) is 3.66. The zero-order chi connectivity index (χ0) is 16.5. The summed E-state index contributed by atoms with van der Waals surface area (Å²) < 4.78 is 7.32. The maximum absolute atomic E-state index is 5.73. The maximum atomic E-state index is 5.73. The molecule has 0 radical (unpaired) electrons. The van der Waals surface area contributed by atoms with E-state index in [0.717, 1.165) is 22.4 Å². The monoisotopic (exact) mass is 338 g/mol. The van der Waals surface area contributed by atoms with Crippen LogP contribution >= 0.6 is 12.2 Å². The van der Waals surface area contributed by atoms with Crippen LogP contribution in [0.25, 0.3) is 22.4 Å². The Bertz CT molecular complexity index is 1010. The predicted octanol–water partition coefficient (Wildman–Crippen LogP) is 2.78. The summed E-state index contributed by atoms with van der Waals surface area (Å²) in [6, 6.07) is 15.6. The van der Waals surface area contributed by atoms with Gasteiger partial charge < -0.3 is 15.6 Å². The second-order valence-corrected chi connectivity index (χ2v) is 5.62. The molecule has 0 aliphatic heterocycles. The summed E-state index contributed by atoms with van der Waals surface area (Å²) in [5, 5.41) is 6.62. The lowest BCUT2D eigenvalue weighted by Crippen LogP contribution is -2.14. The minimum Gasteiger partial charge on any atom is -0.486 e. The van der Waals surface area contributed by atoms with Gasteiger partial charge in [-0.1, -0.05) is 12.1 Å². The fourth-order valence-corrected chi connectivity index (χ4v) is 2.54. The number of fused-ring (bicyclic) bond motifs is 1. The molecule has 0 amide bonds. The Morgan fingerprint density at radius 3 is 2.62 bits per heavy atom. The first-order valence-corrected chi connectivity index (χ1v) is 7.71. The predicted molar refractivity (Wildman–Crippen MR) is 93.4 cm³/mol. The Balaban J connectivity index is 1.52. The van der Waals surface area contributed by atoms with Crippen molar-refractivity contribution in [2.45, 2.75) is 6.61 Å². The van der Waals surface area contributed by atoms with Crippen LogP contribution < -0.4 is 10.6 Å². The molecule has 2 heterocycles. The summed E-state index contributed by atoms with van der Waals surface area (Å²) in [5.74, 6) is 7.80. The van der Waals surface area contributed by atoms with Crippen LogP contribution in [0.4, 0.5) is 0 Å². The van der Waals surface area contributed by atoms with Gasteiger partial charge in [-0.15, -0.1) is 0 Å². The number of nitrogens with two attached hydrogens (primary N) is 1. The van der Waals surface area contributed by atoms with Gasteiger partial charge in [-0.05, 0) is 48.6 Å². The zero-order valence-electron chi connectivity index (χ0n) is 12.6. The first-order valence-electron chi connectivity index (χ1n) is 7.30. The van der Waals surface area contributed by atoms with Crippen LogP contribution in [0.15, 0.2) is 48.5 Å². The first-order chi connectivity index (χ1) is 11.7. The van der Waals surface area contributed by atoms with E-state index in [1.807, 2.05) is 48.5 Å². The van der Waals surface area contributed by atoms with Gasteiger partial charge in [-0.25, -0.2) is 9.66 Å². The summed E-state index contributed by atoms with van der Waals surface area (Å²) in [6.07, 6.45) is 0. The minimum absolute atomic E-state index is 0.230. The fourth-order valence-electron chi connectivity index (χ4n) is 2.39. The molecule has 24 heavy (non-hydrogen) atoms. The molecule has 0 saturated carbocycles. The summed E-state index contributed by atoms with van der Waals surface area (Å²) in [7, 11) is 0. The normalized spacial score (nSPS) is 11.0. The number of benzene rings is 2. The van der Waals surface area contributed by atoms with Crippen molar-refractivity contribution in [3.8, 4) is 17.1 Å². The number of aromatic amines is 2. The quantitative estimate of drug-likeness (QED) is 0.393. The number of aromatic nitrogens is 5. The summed E-state index contributed by atoms with van der Waals surface area (Å²) in [5.41, 5.74) is 2.94. The Kier molecular flexibility index (Phi) is 3.51. The number of nitrogens with one attached hydrogen (secondary N) is 2. The van der Waals surface area contributed by atoms with Crippen molar-refractivity contribution in [1.29, 1.82) is 0 Å². The van der Waals surface area contributed by atoms with E-state index >= 15 is 0 Å². The van der Waals surface area contributed by atoms with E-state index in [4.69, 9.17) is 22.8 Å². The van der Waals surface area contributed by atoms with E-state index in [0.29, 0.717) is 16.3 Å². The van der Waals surface area contributed by atoms with Gasteiger partial charge in [-0.2, -0.15) is 5.10 Å². The van der Waals surface area contributed by atoms with Crippen LogP contribution in [0.1, 0.15) is 5.82 Å². The molecule has 0 fully saturated rings. The van der Waals surface area contributed by atoms with Gasteiger partial charge in [-0.3, -0.25) is 5.10 Å². The standard InChI is InChI=1S/C16H14N6OS/c17-22-14(20-21-16(22)24)9-23-11-7-5-10(6-8-11)15-18-12-3-1-2-4-13(12)19-15/h1-8H,9,17H2,(H,18,19)(H,21,24). The highest BCUT2D eigenvalue weighted by Gasteiger charge is 2.07. The third kappa shape index (κ3) is 2.63. The number of hydrogen-bond acceptors (Lipinski definition) is 5. The van der Waals surface area contributed by atoms with Crippen LogP contribution in [0.3, 0.4) is 0 Å². The van der Waals surface area contributed by atoms with Crippen LogP contribution in [0.2, 0.25) is 0 Å². The number of ether oxygens (including phenoxy) is 1. The largest absolute Gasteiger partial charge is 0.486 e. The van der Waals surface area contributed by atoms with E-state index in [2.05, 4.69) is 20.2 Å². The van der Waals surface area contributed by atoms with Gasteiger partial charge >= 0.3 is 0 Å². The number of nitrogens with zero attached hydrogens (tertiary/aromatic N) is 3. The molecule has 7 nitrogen and oxygen atoms in total. The molecule has 2 aromatic carbocycles. The number of H-pyrrole nitrogens is 2. The summed E-state index contributed by atoms with van der Waals surface area (Å²) >= 11 is 4.96. The second kappa shape index (κ2) is 5.82. The first kappa shape index (κ1) is 14.5. The van der Waals surface area contributed by atoms with Gasteiger partial charge in [0.25, 0.3) is 0 Å².